The number of aryl methyl sites for hydroxylation is 1. The van der Waals surface area contributed by atoms with Gasteiger partial charge >= 0.3 is 11.6 Å². The van der Waals surface area contributed by atoms with E-state index in [2.05, 4.69) is 39.6 Å². The molecule has 2 aromatic carbocycles. The highest BCUT2D eigenvalue weighted by Gasteiger charge is 2.26. The first-order chi connectivity index (χ1) is 23.0. The van der Waals surface area contributed by atoms with Crippen molar-refractivity contribution in [2.75, 3.05) is 0 Å². The number of benzene rings is 2. The average molecular weight is 638 g/mol. The summed E-state index contributed by atoms with van der Waals surface area (Å²) in [6, 6.07) is 9.18. The minimum Gasteiger partial charge on any atom is -0.358 e. The Morgan fingerprint density at radius 3 is 1.25 bits per heavy atom. The van der Waals surface area contributed by atoms with Crippen molar-refractivity contribution in [3.8, 4) is 36.4 Å². The summed E-state index contributed by atoms with van der Waals surface area (Å²) in [6.45, 7) is 17.0. The Labute approximate surface area is 264 Å². The number of rotatable bonds is 0. The van der Waals surface area contributed by atoms with Crippen LogP contribution in [0, 0.1) is 111 Å². The van der Waals surface area contributed by atoms with Gasteiger partial charge in [-0.2, -0.15) is 31.6 Å². The molecular formula is C30H6F4N14. The summed E-state index contributed by atoms with van der Waals surface area (Å²) in [6.07, 6.45) is 0. The number of nitrogens with zero attached hydrogens (tertiary/aromatic N) is 14. The third-order valence-corrected chi connectivity index (χ3v) is 6.31. The maximum Gasteiger partial charge on any atom is 0.307 e. The Kier molecular flexibility index (Phi) is 8.75. The molecule has 224 valence electrons. The van der Waals surface area contributed by atoms with Crippen LogP contribution >= 0.6 is 0 Å². The van der Waals surface area contributed by atoms with Crippen LogP contribution in [-0.4, -0.2) is 29.9 Å². The van der Waals surface area contributed by atoms with E-state index in [1.54, 1.807) is 13.0 Å². The van der Waals surface area contributed by atoms with Crippen LogP contribution in [0.1, 0.15) is 29.7 Å². The van der Waals surface area contributed by atoms with Gasteiger partial charge in [-0.25, -0.2) is 37.5 Å². The normalized spacial score (nSPS) is 9.71. The fourth-order valence-electron chi connectivity index (χ4n) is 4.15. The van der Waals surface area contributed by atoms with E-state index in [0.717, 1.165) is 19.1 Å². The van der Waals surface area contributed by atoms with Crippen molar-refractivity contribution in [1.82, 2.24) is 29.9 Å². The van der Waals surface area contributed by atoms with Gasteiger partial charge in [0.1, 0.15) is 58.0 Å². The predicted octanol–water partition coefficient (Wildman–Crippen LogP) is 3.68. The second kappa shape index (κ2) is 12.8. The van der Waals surface area contributed by atoms with E-state index in [-0.39, 0.29) is 61.8 Å². The molecule has 14 nitrogen and oxygen atoms in total. The molecule has 0 N–H and O–H groups in total. The summed E-state index contributed by atoms with van der Waals surface area (Å²) in [7, 11) is 0. The zero-order valence-corrected chi connectivity index (χ0v) is 23.8. The van der Waals surface area contributed by atoms with Crippen molar-refractivity contribution in [2.24, 2.45) is 0 Å². The third-order valence-electron chi connectivity index (χ3n) is 6.31. The molecule has 48 heavy (non-hydrogen) atoms. The zero-order valence-electron chi connectivity index (χ0n) is 23.8. The summed E-state index contributed by atoms with van der Waals surface area (Å²) >= 11 is 0. The quantitative estimate of drug-likeness (QED) is 0.102. The predicted molar refractivity (Wildman–Crippen MR) is 152 cm³/mol. The van der Waals surface area contributed by atoms with Crippen LogP contribution < -0.4 is 10.4 Å². The Bertz CT molecular complexity index is 2690. The monoisotopic (exact) mass is 638 g/mol. The molecule has 0 aliphatic carbocycles. The molecule has 0 unspecified atom stereocenters. The van der Waals surface area contributed by atoms with E-state index in [4.69, 9.17) is 28.9 Å². The molecule has 0 fully saturated rings. The number of hydrogen-bond acceptors (Lipinski definition) is 12. The Morgan fingerprint density at radius 2 is 0.896 bits per heavy atom. The molecule has 0 atom stereocenters. The lowest BCUT2D eigenvalue weighted by Crippen LogP contribution is -2.30. The maximum atomic E-state index is 13.6. The van der Waals surface area contributed by atoms with Crippen LogP contribution in [0.2, 0.25) is 0 Å². The van der Waals surface area contributed by atoms with Gasteiger partial charge in [0.15, 0.2) is 40.4 Å². The van der Waals surface area contributed by atoms with Gasteiger partial charge in [0.05, 0.1) is 22.2 Å². The van der Waals surface area contributed by atoms with Gasteiger partial charge in [-0.3, -0.25) is 0 Å². The molecule has 0 amide bonds. The zero-order chi connectivity index (χ0) is 35.4. The van der Waals surface area contributed by atoms with Crippen molar-refractivity contribution in [1.29, 1.82) is 31.6 Å². The van der Waals surface area contributed by atoms with Gasteiger partial charge in [-0.1, -0.05) is 13.1 Å². The highest BCUT2D eigenvalue weighted by atomic mass is 19.2. The van der Waals surface area contributed by atoms with Gasteiger partial charge < -0.3 is 9.69 Å². The molecule has 0 saturated carbocycles. The molecule has 5 aromatic rings. The highest BCUT2D eigenvalue weighted by Crippen LogP contribution is 2.33. The van der Waals surface area contributed by atoms with Gasteiger partial charge in [0.2, 0.25) is 11.0 Å². The van der Waals surface area contributed by atoms with Crippen LogP contribution in [0.4, 0.5) is 29.2 Å². The maximum absolute atomic E-state index is 13.6. The Balaban J connectivity index is 0.000000239. The molecule has 3 heterocycles. The van der Waals surface area contributed by atoms with Gasteiger partial charge in [-0.05, 0) is 13.8 Å². The van der Waals surface area contributed by atoms with E-state index < -0.39 is 44.9 Å². The van der Waals surface area contributed by atoms with Crippen molar-refractivity contribution in [3.05, 3.63) is 79.3 Å². The van der Waals surface area contributed by atoms with Crippen LogP contribution in [0.3, 0.4) is 0 Å². The Hall–Kier alpha value is -8.16. The first-order valence-corrected chi connectivity index (χ1v) is 12.4. The molecule has 0 aliphatic rings. The Morgan fingerprint density at radius 1 is 0.542 bits per heavy atom. The largest absolute Gasteiger partial charge is 0.358 e. The number of halogens is 4. The van der Waals surface area contributed by atoms with Crippen LogP contribution in [0.25, 0.3) is 53.9 Å². The summed E-state index contributed by atoms with van der Waals surface area (Å²) in [5.41, 5.74) is -1.03. The second-order valence-corrected chi connectivity index (χ2v) is 8.94. The van der Waals surface area contributed by atoms with Crippen LogP contribution in [0.15, 0.2) is 0 Å². The second-order valence-electron chi connectivity index (χ2n) is 8.94. The molecule has 18 heteroatoms. The van der Waals surface area contributed by atoms with Crippen molar-refractivity contribution >= 4 is 55.9 Å². The number of aromatic nitrogens is 6. The minimum atomic E-state index is -1.89. The molecule has 3 aromatic heterocycles. The fourth-order valence-corrected chi connectivity index (χ4v) is 4.15. The third kappa shape index (κ3) is 5.15. The molecular weight excluding hydrogens is 632 g/mol. The van der Waals surface area contributed by atoms with Crippen LogP contribution in [0.5, 0.6) is 0 Å². The molecule has 0 aliphatic heterocycles. The number of fused-ring (bicyclic) bond motifs is 6. The first-order valence-electron chi connectivity index (χ1n) is 12.4. The van der Waals surface area contributed by atoms with E-state index in [1.807, 2.05) is 12.1 Å². The lowest BCUT2D eigenvalue weighted by Gasteiger charge is -2.06. The smallest absolute Gasteiger partial charge is 0.307 e. The average Bonchev–Trinajstić information content (AvgIpc) is 3.11. The lowest BCUT2D eigenvalue weighted by atomic mass is 10.1. The number of hydrogen-bond donors (Lipinski definition) is 0. The van der Waals surface area contributed by atoms with Crippen LogP contribution in [-0.2, 0) is 0 Å². The van der Waals surface area contributed by atoms with E-state index in [9.17, 15) is 33.3 Å². The van der Waals surface area contributed by atoms with Crippen molar-refractivity contribution < 1.29 is 17.6 Å². The first kappa shape index (κ1) is 32.7. The van der Waals surface area contributed by atoms with Crippen molar-refractivity contribution in [2.45, 2.75) is 13.8 Å². The fraction of sp³-hybridized carbons (Fsp3) is 0.0667. The van der Waals surface area contributed by atoms with E-state index >= 15 is 0 Å². The summed E-state index contributed by atoms with van der Waals surface area (Å²) < 4.78 is 54.4. The lowest BCUT2D eigenvalue weighted by molar-refractivity contribution is 0.434. The van der Waals surface area contributed by atoms with E-state index in [0.29, 0.717) is 5.69 Å². The summed E-state index contributed by atoms with van der Waals surface area (Å²) in [4.78, 5) is 31.8. The SMILES string of the molecule is CC(C#N)=c1c(F)c(F)c(=C(C#N)C#N)c(F)c1F.[C-]#[N+]c1nc2c(nc1C#N)c1nc(C)c(C#N)nc1c1nc(C#N)c([N+]#[C-])nc12. The molecule has 5 rings (SSSR count). The summed E-state index contributed by atoms with van der Waals surface area (Å²) in [5.74, 6) is -7.92. The van der Waals surface area contributed by atoms with Gasteiger partial charge in [-0.15, -0.1) is 9.97 Å². The van der Waals surface area contributed by atoms with Crippen molar-refractivity contribution in [3.63, 3.8) is 0 Å². The standard InChI is InChI=1S/C18H3N11.C12H3F4N3/c1-7-8(4-19)25-12-11(24-7)13-15(28-17(22-2)9(5-20)26-13)16-14(12)27-10(6-21)18(23-3)29-16;1-5(2-17)7-9(13)11(15)8(6(3-18)4-19)12(16)10(7)14/h1H3;1H3. The van der Waals surface area contributed by atoms with Gasteiger partial charge in [0.25, 0.3) is 0 Å². The molecule has 0 radical (unpaired) electrons. The van der Waals surface area contributed by atoms with E-state index in [1.165, 1.54) is 6.07 Å². The number of nitriles is 6. The minimum absolute atomic E-state index is 0.0407. The molecule has 0 bridgehead atoms. The van der Waals surface area contributed by atoms with Gasteiger partial charge in [0, 0.05) is 5.57 Å². The molecule has 0 saturated heterocycles. The topological polar surface area (TPSA) is 229 Å². The highest BCUT2D eigenvalue weighted by molar-refractivity contribution is 6.18. The molecule has 0 spiro atoms. The summed E-state index contributed by atoms with van der Waals surface area (Å²) in [5, 5.41) is 50.9.